The number of allylic oxidation sites excluding steroid dienone is 4. The first kappa shape index (κ1) is 14.7. The minimum atomic E-state index is -0.827. The second kappa shape index (κ2) is 5.38. The maximum atomic E-state index is 14.1. The Bertz CT molecular complexity index is 392. The molecule has 2 rings (SSSR count). The molecule has 0 spiro atoms. The Morgan fingerprint density at radius 3 is 2.47 bits per heavy atom. The Balaban J connectivity index is 1.99. The maximum absolute atomic E-state index is 14.1. The highest BCUT2D eigenvalue weighted by atomic mass is 19.1. The molecule has 0 saturated heterocycles. The number of rotatable bonds is 4. The van der Waals surface area contributed by atoms with Crippen molar-refractivity contribution < 1.29 is 8.78 Å². The quantitative estimate of drug-likeness (QED) is 0.582. The Labute approximate surface area is 116 Å². The maximum Gasteiger partial charge on any atom is 0.122 e. The van der Waals surface area contributed by atoms with E-state index in [9.17, 15) is 8.78 Å². The normalized spacial score (nSPS) is 35.5. The van der Waals surface area contributed by atoms with Crippen molar-refractivity contribution in [2.45, 2.75) is 59.5 Å². The summed E-state index contributed by atoms with van der Waals surface area (Å²) >= 11 is 0. The molecule has 0 saturated carbocycles. The first-order chi connectivity index (χ1) is 8.83. The van der Waals surface area contributed by atoms with Gasteiger partial charge in [-0.2, -0.15) is 0 Å². The lowest BCUT2D eigenvalue weighted by molar-refractivity contribution is 0.115. The van der Waals surface area contributed by atoms with Crippen LogP contribution in [0.15, 0.2) is 23.6 Å². The van der Waals surface area contributed by atoms with Crippen molar-refractivity contribution in [2.24, 2.45) is 23.2 Å². The van der Waals surface area contributed by atoms with E-state index in [1.54, 1.807) is 12.2 Å². The average molecular weight is 268 g/mol. The molecule has 0 radical (unpaired) electrons. The summed E-state index contributed by atoms with van der Waals surface area (Å²) in [6, 6.07) is 0. The van der Waals surface area contributed by atoms with Crippen LogP contribution in [0, 0.1) is 23.2 Å². The molecular weight excluding hydrogens is 242 g/mol. The predicted octanol–water partition coefficient (Wildman–Crippen LogP) is 5.61. The second-order valence-electron chi connectivity index (χ2n) is 7.11. The summed E-state index contributed by atoms with van der Waals surface area (Å²) in [5, 5.41) is 0. The molecule has 0 aromatic heterocycles. The van der Waals surface area contributed by atoms with Gasteiger partial charge in [0, 0.05) is 11.8 Å². The van der Waals surface area contributed by atoms with Crippen molar-refractivity contribution in [3.63, 3.8) is 0 Å². The molecule has 108 valence electrons. The third-order valence-corrected chi connectivity index (χ3v) is 5.03. The van der Waals surface area contributed by atoms with Crippen LogP contribution in [-0.4, -0.2) is 6.17 Å². The van der Waals surface area contributed by atoms with E-state index in [1.165, 1.54) is 0 Å². The van der Waals surface area contributed by atoms with Gasteiger partial charge in [-0.3, -0.25) is 0 Å². The number of hydrogen-bond donors (Lipinski definition) is 0. The first-order valence-electron chi connectivity index (χ1n) is 7.52. The summed E-state index contributed by atoms with van der Waals surface area (Å²) in [5.41, 5.74) is 1.09. The summed E-state index contributed by atoms with van der Waals surface area (Å²) < 4.78 is 27.8. The fourth-order valence-electron chi connectivity index (χ4n) is 3.86. The van der Waals surface area contributed by atoms with Gasteiger partial charge in [-0.15, -0.1) is 0 Å². The molecule has 0 aromatic rings. The lowest BCUT2D eigenvalue weighted by Gasteiger charge is -2.35. The summed E-state index contributed by atoms with van der Waals surface area (Å²) in [6.07, 6.45) is 6.24. The number of hydrogen-bond acceptors (Lipinski definition) is 0. The van der Waals surface area contributed by atoms with E-state index in [2.05, 4.69) is 13.8 Å². The zero-order valence-corrected chi connectivity index (χ0v) is 12.5. The van der Waals surface area contributed by atoms with Crippen molar-refractivity contribution in [2.75, 3.05) is 0 Å². The standard InChI is InChI=1S/C17H26F2/c1-5-13-8-12(9-15(13)18)10-17(3,4)14-6-11(2)7-16(14)19/h7,9,12-14,16H,5-6,8,10H2,1-4H3. The smallest absolute Gasteiger partial charge is 0.122 e. The highest BCUT2D eigenvalue weighted by Crippen LogP contribution is 2.47. The third kappa shape index (κ3) is 3.09. The van der Waals surface area contributed by atoms with Crippen molar-refractivity contribution >= 4 is 0 Å². The van der Waals surface area contributed by atoms with Gasteiger partial charge in [0.1, 0.15) is 6.17 Å². The van der Waals surface area contributed by atoms with Crippen molar-refractivity contribution in [1.82, 2.24) is 0 Å². The molecule has 19 heavy (non-hydrogen) atoms. The van der Waals surface area contributed by atoms with Crippen LogP contribution in [0.5, 0.6) is 0 Å². The zero-order valence-electron chi connectivity index (χ0n) is 12.5. The van der Waals surface area contributed by atoms with Gasteiger partial charge in [0.05, 0.1) is 5.83 Å². The molecule has 2 aliphatic rings. The summed E-state index contributed by atoms with van der Waals surface area (Å²) in [6.45, 7) is 8.32. The van der Waals surface area contributed by atoms with E-state index in [-0.39, 0.29) is 29.0 Å². The van der Waals surface area contributed by atoms with Gasteiger partial charge in [0.25, 0.3) is 0 Å². The van der Waals surface area contributed by atoms with E-state index in [0.29, 0.717) is 0 Å². The van der Waals surface area contributed by atoms with Crippen molar-refractivity contribution in [3.05, 3.63) is 23.6 Å². The molecule has 0 heterocycles. The van der Waals surface area contributed by atoms with Crippen LogP contribution in [0.25, 0.3) is 0 Å². The molecule has 0 nitrogen and oxygen atoms in total. The molecule has 4 atom stereocenters. The Morgan fingerprint density at radius 1 is 1.32 bits per heavy atom. The van der Waals surface area contributed by atoms with Crippen LogP contribution in [-0.2, 0) is 0 Å². The van der Waals surface area contributed by atoms with Gasteiger partial charge in [-0.25, -0.2) is 8.78 Å². The highest BCUT2D eigenvalue weighted by Gasteiger charge is 2.40. The Morgan fingerprint density at radius 2 is 2.00 bits per heavy atom. The topological polar surface area (TPSA) is 0 Å². The van der Waals surface area contributed by atoms with Crippen LogP contribution in [0.3, 0.4) is 0 Å². The fourth-order valence-corrected chi connectivity index (χ4v) is 3.86. The lowest BCUT2D eigenvalue weighted by Crippen LogP contribution is -2.30. The van der Waals surface area contributed by atoms with E-state index in [0.717, 1.165) is 31.3 Å². The first-order valence-corrected chi connectivity index (χ1v) is 7.52. The second-order valence-corrected chi connectivity index (χ2v) is 7.11. The third-order valence-electron chi connectivity index (χ3n) is 5.03. The molecule has 0 N–H and O–H groups in total. The molecule has 0 fully saturated rings. The molecule has 0 aliphatic heterocycles. The van der Waals surface area contributed by atoms with Gasteiger partial charge < -0.3 is 0 Å². The van der Waals surface area contributed by atoms with Crippen molar-refractivity contribution in [1.29, 1.82) is 0 Å². The molecule has 0 amide bonds. The van der Waals surface area contributed by atoms with Gasteiger partial charge in [0.2, 0.25) is 0 Å². The SMILES string of the molecule is CCC1CC(CC(C)(C)C2CC(C)=CC2F)C=C1F. The number of alkyl halides is 1. The summed E-state index contributed by atoms with van der Waals surface area (Å²) in [5.74, 6) is 0.504. The van der Waals surface area contributed by atoms with Crippen LogP contribution < -0.4 is 0 Å². The molecular formula is C17H26F2. The van der Waals surface area contributed by atoms with Gasteiger partial charge in [-0.1, -0.05) is 32.4 Å². The van der Waals surface area contributed by atoms with Gasteiger partial charge in [0.15, 0.2) is 0 Å². The lowest BCUT2D eigenvalue weighted by atomic mass is 9.70. The molecule has 4 unspecified atom stereocenters. The molecule has 0 bridgehead atoms. The fraction of sp³-hybridized carbons (Fsp3) is 0.765. The highest BCUT2D eigenvalue weighted by molar-refractivity contribution is 5.16. The number of halogens is 2. The Hall–Kier alpha value is -0.660. The molecule has 2 aliphatic carbocycles. The largest absolute Gasteiger partial charge is 0.243 e. The van der Waals surface area contributed by atoms with Gasteiger partial charge >= 0.3 is 0 Å². The minimum absolute atomic E-state index is 0.0563. The van der Waals surface area contributed by atoms with Gasteiger partial charge in [-0.05, 0) is 50.0 Å². The van der Waals surface area contributed by atoms with E-state index in [4.69, 9.17) is 0 Å². The average Bonchev–Trinajstić information content (AvgIpc) is 2.81. The predicted molar refractivity (Wildman–Crippen MR) is 76.2 cm³/mol. The Kier molecular flexibility index (Phi) is 4.17. The van der Waals surface area contributed by atoms with E-state index in [1.807, 2.05) is 13.8 Å². The minimum Gasteiger partial charge on any atom is -0.243 e. The zero-order chi connectivity index (χ0) is 14.2. The van der Waals surface area contributed by atoms with Crippen LogP contribution in [0.2, 0.25) is 0 Å². The van der Waals surface area contributed by atoms with Crippen molar-refractivity contribution in [3.8, 4) is 0 Å². The monoisotopic (exact) mass is 268 g/mol. The summed E-state index contributed by atoms with van der Waals surface area (Å²) in [4.78, 5) is 0. The van der Waals surface area contributed by atoms with Crippen LogP contribution in [0.1, 0.15) is 53.4 Å². The molecule has 2 heteroatoms. The van der Waals surface area contributed by atoms with E-state index < -0.39 is 6.17 Å². The summed E-state index contributed by atoms with van der Waals surface area (Å²) in [7, 11) is 0. The van der Waals surface area contributed by atoms with Crippen LogP contribution >= 0.6 is 0 Å². The van der Waals surface area contributed by atoms with E-state index >= 15 is 0 Å². The molecule has 0 aromatic carbocycles. The van der Waals surface area contributed by atoms with Crippen LogP contribution in [0.4, 0.5) is 8.78 Å².